The van der Waals surface area contributed by atoms with Crippen LogP contribution in [-0.4, -0.2) is 30.9 Å². The van der Waals surface area contributed by atoms with Crippen LogP contribution in [0.2, 0.25) is 0 Å². The van der Waals surface area contributed by atoms with Crippen LogP contribution in [0.1, 0.15) is 32.8 Å². The van der Waals surface area contributed by atoms with E-state index in [-0.39, 0.29) is 30.2 Å². The van der Waals surface area contributed by atoms with Crippen LogP contribution in [0.3, 0.4) is 0 Å². The lowest BCUT2D eigenvalue weighted by atomic mass is 9.94. The normalized spacial score (nSPS) is 17.0. The van der Waals surface area contributed by atoms with Gasteiger partial charge in [0.25, 0.3) is 0 Å². The first-order valence-electron chi connectivity index (χ1n) is 7.03. The summed E-state index contributed by atoms with van der Waals surface area (Å²) in [7, 11) is -3.44. The number of fused-ring (bicyclic) bond motifs is 1. The van der Waals surface area contributed by atoms with Crippen molar-refractivity contribution in [2.24, 2.45) is 5.41 Å². The van der Waals surface area contributed by atoms with E-state index in [1.165, 1.54) is 4.31 Å². The molecule has 0 fully saturated rings. The number of nitrogens with zero attached hydrogens (tertiary/aromatic N) is 1. The van der Waals surface area contributed by atoms with Gasteiger partial charge in [0.15, 0.2) is 0 Å². The Labute approximate surface area is 126 Å². The van der Waals surface area contributed by atoms with E-state index >= 15 is 0 Å². The molecular formula is C15H22N2O3S. The summed E-state index contributed by atoms with van der Waals surface area (Å²) in [5, 5.41) is 2.75. The number of hydrogen-bond acceptors (Lipinski definition) is 3. The molecule has 0 aromatic heterocycles. The first-order chi connectivity index (χ1) is 9.67. The Kier molecular flexibility index (Phi) is 4.39. The zero-order valence-electron chi connectivity index (χ0n) is 12.7. The molecule has 6 heteroatoms. The van der Waals surface area contributed by atoms with Crippen LogP contribution >= 0.6 is 0 Å². The minimum Gasteiger partial charge on any atom is -0.325 e. The molecule has 0 saturated heterocycles. The quantitative estimate of drug-likeness (QED) is 0.931. The zero-order chi connectivity index (χ0) is 15.7. The van der Waals surface area contributed by atoms with E-state index < -0.39 is 10.0 Å². The molecule has 1 amide bonds. The van der Waals surface area contributed by atoms with Gasteiger partial charge in [0, 0.05) is 12.2 Å². The molecule has 0 unspecified atom stereocenters. The van der Waals surface area contributed by atoms with Crippen molar-refractivity contribution in [3.63, 3.8) is 0 Å². The Bertz CT molecular complexity index is 633. The Morgan fingerprint density at radius 2 is 1.86 bits per heavy atom. The summed E-state index contributed by atoms with van der Waals surface area (Å²) in [6, 6.07) is 7.30. The van der Waals surface area contributed by atoms with Crippen molar-refractivity contribution < 1.29 is 13.2 Å². The van der Waals surface area contributed by atoms with Gasteiger partial charge in [-0.15, -0.1) is 0 Å². The Hall–Kier alpha value is -1.40. The minimum atomic E-state index is -3.44. The Morgan fingerprint density at radius 1 is 1.19 bits per heavy atom. The number of para-hydroxylation sites is 1. The molecule has 0 aliphatic carbocycles. The molecule has 1 aliphatic rings. The summed E-state index contributed by atoms with van der Waals surface area (Å²) in [4.78, 5) is 11.9. The fraction of sp³-hybridized carbons (Fsp3) is 0.533. The van der Waals surface area contributed by atoms with Gasteiger partial charge in [-0.1, -0.05) is 39.0 Å². The largest absolute Gasteiger partial charge is 0.325 e. The van der Waals surface area contributed by atoms with Crippen LogP contribution < -0.4 is 5.32 Å². The third-order valence-corrected chi connectivity index (χ3v) is 5.23. The number of carbonyl (C=O) groups excluding carboxylic acids is 1. The standard InChI is InChI=1S/C15H22N2O3S/c1-15(2,3)8-9-21(19,20)17-10-12-6-4-5-7-13(12)16-14(18)11-17/h4-7H,8-11H2,1-3H3,(H,16,18). The summed E-state index contributed by atoms with van der Waals surface area (Å²) < 4.78 is 26.3. The maximum atomic E-state index is 12.5. The molecule has 0 radical (unpaired) electrons. The molecule has 1 N–H and O–H groups in total. The molecule has 2 rings (SSSR count). The summed E-state index contributed by atoms with van der Waals surface area (Å²) in [6.45, 7) is 6.13. The number of nitrogens with one attached hydrogen (secondary N) is 1. The Balaban J connectivity index is 2.22. The maximum absolute atomic E-state index is 12.5. The SMILES string of the molecule is CC(C)(C)CCS(=O)(=O)N1CC(=O)Nc2ccccc2C1. The highest BCUT2D eigenvalue weighted by Gasteiger charge is 2.29. The predicted octanol–water partition coefficient (Wildman–Crippen LogP) is 2.21. The van der Waals surface area contributed by atoms with Gasteiger partial charge in [-0.25, -0.2) is 8.42 Å². The van der Waals surface area contributed by atoms with Crippen LogP contribution in [-0.2, 0) is 21.4 Å². The minimum absolute atomic E-state index is 0.0565. The number of sulfonamides is 1. The average Bonchev–Trinajstić information content (AvgIpc) is 2.54. The molecule has 1 aromatic rings. The topological polar surface area (TPSA) is 66.5 Å². The third-order valence-electron chi connectivity index (χ3n) is 3.46. The highest BCUT2D eigenvalue weighted by molar-refractivity contribution is 7.89. The van der Waals surface area contributed by atoms with Gasteiger partial charge in [-0.3, -0.25) is 4.79 Å². The molecule has 5 nitrogen and oxygen atoms in total. The van der Waals surface area contributed by atoms with Gasteiger partial charge in [0.05, 0.1) is 12.3 Å². The Morgan fingerprint density at radius 3 is 2.52 bits per heavy atom. The molecule has 0 saturated carbocycles. The summed E-state index contributed by atoms with van der Waals surface area (Å²) >= 11 is 0. The van der Waals surface area contributed by atoms with E-state index in [1.54, 1.807) is 6.07 Å². The molecule has 0 bridgehead atoms. The van der Waals surface area contributed by atoms with Gasteiger partial charge >= 0.3 is 0 Å². The highest BCUT2D eigenvalue weighted by atomic mass is 32.2. The molecule has 0 spiro atoms. The van der Waals surface area contributed by atoms with Gasteiger partial charge in [-0.2, -0.15) is 4.31 Å². The van der Waals surface area contributed by atoms with E-state index in [0.29, 0.717) is 12.1 Å². The first kappa shape index (κ1) is 16.0. The van der Waals surface area contributed by atoms with Gasteiger partial charge in [-0.05, 0) is 23.5 Å². The molecular weight excluding hydrogens is 288 g/mol. The summed E-state index contributed by atoms with van der Waals surface area (Å²) in [5.41, 5.74) is 1.46. The highest BCUT2D eigenvalue weighted by Crippen LogP contribution is 2.24. The van der Waals surface area contributed by atoms with E-state index in [0.717, 1.165) is 5.56 Å². The average molecular weight is 310 g/mol. The van der Waals surface area contributed by atoms with Crippen LogP contribution in [0.25, 0.3) is 0 Å². The van der Waals surface area contributed by atoms with Crippen molar-refractivity contribution >= 4 is 21.6 Å². The number of anilines is 1. The molecule has 116 valence electrons. The van der Waals surface area contributed by atoms with Crippen LogP contribution in [0, 0.1) is 5.41 Å². The summed E-state index contributed by atoms with van der Waals surface area (Å²) in [5.74, 6) is -0.231. The molecule has 0 atom stereocenters. The lowest BCUT2D eigenvalue weighted by molar-refractivity contribution is -0.116. The van der Waals surface area contributed by atoms with E-state index in [9.17, 15) is 13.2 Å². The molecule has 1 heterocycles. The van der Waals surface area contributed by atoms with Crippen molar-refractivity contribution in [3.05, 3.63) is 29.8 Å². The van der Waals surface area contributed by atoms with Crippen LogP contribution in [0.5, 0.6) is 0 Å². The van der Waals surface area contributed by atoms with Crippen LogP contribution in [0.15, 0.2) is 24.3 Å². The second kappa shape index (κ2) is 5.77. The number of carbonyl (C=O) groups is 1. The lowest BCUT2D eigenvalue weighted by Gasteiger charge is -2.23. The van der Waals surface area contributed by atoms with E-state index in [1.807, 2.05) is 39.0 Å². The third kappa shape index (κ3) is 4.28. The van der Waals surface area contributed by atoms with Crippen LogP contribution in [0.4, 0.5) is 5.69 Å². The first-order valence-corrected chi connectivity index (χ1v) is 8.64. The van der Waals surface area contributed by atoms with Gasteiger partial charge in [0.2, 0.25) is 15.9 Å². The number of hydrogen-bond donors (Lipinski definition) is 1. The molecule has 1 aliphatic heterocycles. The van der Waals surface area contributed by atoms with Crippen molar-refractivity contribution in [2.75, 3.05) is 17.6 Å². The fourth-order valence-corrected chi connectivity index (χ4v) is 3.92. The van der Waals surface area contributed by atoms with Gasteiger partial charge in [0.1, 0.15) is 0 Å². The number of rotatable bonds is 3. The fourth-order valence-electron chi connectivity index (χ4n) is 2.14. The number of benzene rings is 1. The van der Waals surface area contributed by atoms with Crippen molar-refractivity contribution in [1.82, 2.24) is 4.31 Å². The monoisotopic (exact) mass is 310 g/mol. The van der Waals surface area contributed by atoms with Gasteiger partial charge < -0.3 is 5.32 Å². The predicted molar refractivity (Wildman–Crippen MR) is 83.3 cm³/mol. The number of amides is 1. The van der Waals surface area contributed by atoms with Crippen molar-refractivity contribution in [2.45, 2.75) is 33.7 Å². The molecule has 21 heavy (non-hydrogen) atoms. The second-order valence-corrected chi connectivity index (χ2v) is 8.69. The zero-order valence-corrected chi connectivity index (χ0v) is 13.5. The summed E-state index contributed by atoms with van der Waals surface area (Å²) in [6.07, 6.45) is 0.565. The van der Waals surface area contributed by atoms with E-state index in [2.05, 4.69) is 5.32 Å². The van der Waals surface area contributed by atoms with Crippen molar-refractivity contribution in [1.29, 1.82) is 0 Å². The lowest BCUT2D eigenvalue weighted by Crippen LogP contribution is -2.37. The second-order valence-electron chi connectivity index (χ2n) is 6.60. The smallest absolute Gasteiger partial charge is 0.239 e. The van der Waals surface area contributed by atoms with E-state index in [4.69, 9.17) is 0 Å². The maximum Gasteiger partial charge on any atom is 0.239 e. The van der Waals surface area contributed by atoms with Crippen molar-refractivity contribution in [3.8, 4) is 0 Å². The molecule has 1 aromatic carbocycles.